The van der Waals surface area contributed by atoms with Gasteiger partial charge in [-0.1, -0.05) is 12.7 Å². The van der Waals surface area contributed by atoms with Crippen molar-refractivity contribution < 1.29 is 0 Å². The van der Waals surface area contributed by atoms with E-state index in [9.17, 15) is 0 Å². The summed E-state index contributed by atoms with van der Waals surface area (Å²) in [6, 6.07) is 2.15. The minimum absolute atomic E-state index is 0.0428. The van der Waals surface area contributed by atoms with Gasteiger partial charge in [0.2, 0.25) is 0 Å². The zero-order valence-corrected chi connectivity index (χ0v) is 9.04. The summed E-state index contributed by atoms with van der Waals surface area (Å²) in [6.07, 6.45) is 3.96. The van der Waals surface area contributed by atoms with Gasteiger partial charge in [0.15, 0.2) is 0 Å². The van der Waals surface area contributed by atoms with E-state index in [0.717, 1.165) is 0 Å². The normalized spacial score (nSPS) is 20.6. The highest BCUT2D eigenvalue weighted by Gasteiger charge is 2.27. The quantitative estimate of drug-likeness (QED) is 0.810. The van der Waals surface area contributed by atoms with E-state index in [1.807, 2.05) is 6.08 Å². The number of thioether (sulfide) groups is 1. The molecule has 1 unspecified atom stereocenters. The number of hydrogen-bond donors (Lipinski definition) is 1. The summed E-state index contributed by atoms with van der Waals surface area (Å²) < 4.78 is 0. The van der Waals surface area contributed by atoms with E-state index in [1.165, 1.54) is 20.9 Å². The van der Waals surface area contributed by atoms with Gasteiger partial charge < -0.3 is 5.73 Å². The van der Waals surface area contributed by atoms with Crippen LogP contribution in [0, 0.1) is 0 Å². The van der Waals surface area contributed by atoms with Gasteiger partial charge in [-0.05, 0) is 28.8 Å². The molecule has 1 atom stereocenters. The van der Waals surface area contributed by atoms with Crippen LogP contribution in [0.3, 0.4) is 0 Å². The molecule has 68 valence electrons. The molecule has 3 heteroatoms. The van der Waals surface area contributed by atoms with Gasteiger partial charge >= 0.3 is 0 Å². The van der Waals surface area contributed by atoms with E-state index >= 15 is 0 Å². The number of nitrogens with two attached hydrogens (primary N) is 1. The molecule has 1 aliphatic carbocycles. The summed E-state index contributed by atoms with van der Waals surface area (Å²) in [7, 11) is 0. The van der Waals surface area contributed by atoms with Gasteiger partial charge in [0, 0.05) is 9.78 Å². The van der Waals surface area contributed by atoms with Gasteiger partial charge in [-0.3, -0.25) is 0 Å². The van der Waals surface area contributed by atoms with Crippen LogP contribution in [0.2, 0.25) is 0 Å². The Bertz CT molecular complexity index is 376. The third-order valence-electron chi connectivity index (χ3n) is 2.26. The van der Waals surface area contributed by atoms with Crippen molar-refractivity contribution in [2.24, 2.45) is 5.73 Å². The first-order valence-corrected chi connectivity index (χ1v) is 6.14. The summed E-state index contributed by atoms with van der Waals surface area (Å²) in [6.45, 7) is 3.81. The van der Waals surface area contributed by atoms with Crippen molar-refractivity contribution in [2.75, 3.05) is 6.26 Å². The van der Waals surface area contributed by atoms with Crippen LogP contribution in [0.5, 0.6) is 0 Å². The first-order valence-electron chi connectivity index (χ1n) is 4.03. The Hall–Kier alpha value is -0.510. The molecule has 1 aromatic heterocycles. The Morgan fingerprint density at radius 1 is 1.69 bits per heavy atom. The van der Waals surface area contributed by atoms with E-state index in [-0.39, 0.29) is 6.04 Å². The molecule has 13 heavy (non-hydrogen) atoms. The van der Waals surface area contributed by atoms with E-state index in [2.05, 4.69) is 24.3 Å². The van der Waals surface area contributed by atoms with Crippen LogP contribution in [-0.4, -0.2) is 6.26 Å². The van der Waals surface area contributed by atoms with E-state index in [0.29, 0.717) is 0 Å². The lowest BCUT2D eigenvalue weighted by Gasteiger charge is -2.05. The highest BCUT2D eigenvalue weighted by atomic mass is 32.2. The van der Waals surface area contributed by atoms with E-state index in [4.69, 9.17) is 5.73 Å². The lowest BCUT2D eigenvalue weighted by molar-refractivity contribution is 0.898. The zero-order chi connectivity index (χ0) is 9.42. The van der Waals surface area contributed by atoms with Crippen LogP contribution < -0.4 is 5.73 Å². The number of thiophene rings is 1. The van der Waals surface area contributed by atoms with Gasteiger partial charge in [0.05, 0.1) is 6.04 Å². The second-order valence-electron chi connectivity index (χ2n) is 2.88. The fourth-order valence-electron chi connectivity index (χ4n) is 1.62. The van der Waals surface area contributed by atoms with Gasteiger partial charge in [0.25, 0.3) is 0 Å². The van der Waals surface area contributed by atoms with Crippen molar-refractivity contribution in [1.29, 1.82) is 0 Å². The van der Waals surface area contributed by atoms with Crippen molar-refractivity contribution in [3.05, 3.63) is 40.1 Å². The maximum Gasteiger partial charge on any atom is 0.0577 e. The zero-order valence-electron chi connectivity index (χ0n) is 7.41. The molecule has 0 spiro atoms. The molecule has 0 amide bonds. The summed E-state index contributed by atoms with van der Waals surface area (Å²) in [5, 5.41) is 2.10. The number of fused-ring (bicyclic) bond motifs is 1. The van der Waals surface area contributed by atoms with Crippen LogP contribution in [0.4, 0.5) is 0 Å². The van der Waals surface area contributed by atoms with Crippen molar-refractivity contribution in [2.45, 2.75) is 6.04 Å². The van der Waals surface area contributed by atoms with Crippen LogP contribution >= 0.6 is 23.1 Å². The molecule has 0 bridgehead atoms. The minimum atomic E-state index is 0.0428. The Morgan fingerprint density at radius 3 is 3.08 bits per heavy atom. The molecule has 2 N–H and O–H groups in total. The third-order valence-corrected chi connectivity index (χ3v) is 4.18. The van der Waals surface area contributed by atoms with Gasteiger partial charge in [-0.25, -0.2) is 0 Å². The summed E-state index contributed by atoms with van der Waals surface area (Å²) in [5.74, 6) is 0. The number of hydrogen-bond acceptors (Lipinski definition) is 3. The predicted octanol–water partition coefficient (Wildman–Crippen LogP) is 3.02. The number of rotatable bonds is 2. The first-order chi connectivity index (χ1) is 6.29. The molecule has 0 radical (unpaired) electrons. The van der Waals surface area contributed by atoms with Gasteiger partial charge in [-0.15, -0.1) is 23.1 Å². The summed E-state index contributed by atoms with van der Waals surface area (Å²) in [4.78, 5) is 2.63. The molecular weight excluding hydrogens is 198 g/mol. The van der Waals surface area contributed by atoms with Crippen molar-refractivity contribution in [1.82, 2.24) is 0 Å². The Kier molecular flexibility index (Phi) is 2.32. The second kappa shape index (κ2) is 3.33. The second-order valence-corrected chi connectivity index (χ2v) is 4.61. The predicted molar refractivity (Wildman–Crippen MR) is 61.9 cm³/mol. The Morgan fingerprint density at radius 2 is 2.46 bits per heavy atom. The van der Waals surface area contributed by atoms with Crippen molar-refractivity contribution >= 4 is 28.0 Å². The standard InChI is InChI=1S/C10H11NS2/c1-3-6-8(11)7-4-5-13-10(7)9(6)12-2/h3-5,8H,1,11H2,2H3. The van der Waals surface area contributed by atoms with E-state index in [1.54, 1.807) is 23.1 Å². The molecule has 1 aliphatic rings. The molecule has 0 fully saturated rings. The monoisotopic (exact) mass is 209 g/mol. The average Bonchev–Trinajstić information content (AvgIpc) is 2.67. The highest BCUT2D eigenvalue weighted by Crippen LogP contribution is 2.46. The maximum absolute atomic E-state index is 6.08. The largest absolute Gasteiger partial charge is 0.320 e. The molecule has 0 aromatic carbocycles. The molecule has 1 heterocycles. The fourth-order valence-corrected chi connectivity index (χ4v) is 3.67. The van der Waals surface area contributed by atoms with Gasteiger partial charge in [0.1, 0.15) is 0 Å². The minimum Gasteiger partial charge on any atom is -0.320 e. The summed E-state index contributed by atoms with van der Waals surface area (Å²) >= 11 is 3.52. The topological polar surface area (TPSA) is 26.0 Å². The van der Waals surface area contributed by atoms with Crippen molar-refractivity contribution in [3.8, 4) is 0 Å². The smallest absolute Gasteiger partial charge is 0.0577 e. The SMILES string of the molecule is C=CC1=C(SC)c2sccc2C1N. The average molecular weight is 209 g/mol. The van der Waals surface area contributed by atoms with Crippen LogP contribution in [0.15, 0.2) is 29.7 Å². The molecule has 0 saturated carbocycles. The van der Waals surface area contributed by atoms with Crippen molar-refractivity contribution in [3.63, 3.8) is 0 Å². The first kappa shape index (κ1) is 9.06. The molecule has 0 aliphatic heterocycles. The third kappa shape index (κ3) is 1.19. The lowest BCUT2D eigenvalue weighted by atomic mass is 10.1. The maximum atomic E-state index is 6.08. The molecule has 1 nitrogen and oxygen atoms in total. The van der Waals surface area contributed by atoms with Crippen LogP contribution in [0.25, 0.3) is 4.91 Å². The Labute approximate surface area is 86.3 Å². The van der Waals surface area contributed by atoms with E-state index < -0.39 is 0 Å². The van der Waals surface area contributed by atoms with Crippen LogP contribution in [0.1, 0.15) is 16.5 Å². The van der Waals surface area contributed by atoms with Crippen LogP contribution in [-0.2, 0) is 0 Å². The summed E-state index contributed by atoms with van der Waals surface area (Å²) in [5.41, 5.74) is 8.51. The molecule has 1 aromatic rings. The lowest BCUT2D eigenvalue weighted by Crippen LogP contribution is -2.07. The highest BCUT2D eigenvalue weighted by molar-refractivity contribution is 8.07. The molecule has 0 saturated heterocycles. The molecule has 2 rings (SSSR count). The van der Waals surface area contributed by atoms with Gasteiger partial charge in [-0.2, -0.15) is 0 Å². The Balaban J connectivity index is 2.59. The molecular formula is C10H11NS2. The fraction of sp³-hybridized carbons (Fsp3) is 0.200.